The minimum Gasteiger partial charge on any atom is -0.507 e. The fraction of sp³-hybridized carbons (Fsp3) is 0.154. The zero-order valence-corrected chi connectivity index (χ0v) is 13.8. The Kier molecular flexibility index (Phi) is 4.88. The van der Waals surface area contributed by atoms with Crippen LogP contribution in [-0.4, -0.2) is 40.8 Å². The minimum atomic E-state index is -0.655. The Hall–Kier alpha value is -1.55. The van der Waals surface area contributed by atoms with Gasteiger partial charge in [-0.05, 0) is 58.1 Å². The molecule has 0 atom stereocenters. The molecule has 21 heavy (non-hydrogen) atoms. The van der Waals surface area contributed by atoms with Gasteiger partial charge < -0.3 is 9.84 Å². The van der Waals surface area contributed by atoms with Crippen LogP contribution in [0.5, 0.6) is 5.75 Å². The molecule has 6 nitrogen and oxygen atoms in total. The van der Waals surface area contributed by atoms with Crippen molar-refractivity contribution in [2.24, 2.45) is 0 Å². The molecule has 1 aliphatic heterocycles. The van der Waals surface area contributed by atoms with Gasteiger partial charge in [-0.1, -0.05) is 6.07 Å². The van der Waals surface area contributed by atoms with Gasteiger partial charge in [0.1, 0.15) is 12.3 Å². The summed E-state index contributed by atoms with van der Waals surface area (Å²) in [6.45, 7) is -0.397. The van der Waals surface area contributed by atoms with Crippen molar-refractivity contribution >= 4 is 57.5 Å². The van der Waals surface area contributed by atoms with Crippen molar-refractivity contribution in [2.45, 2.75) is 0 Å². The highest BCUT2D eigenvalue weighted by Gasteiger charge is 2.36. The topological polar surface area (TPSA) is 83.9 Å². The highest BCUT2D eigenvalue weighted by atomic mass is 127. The van der Waals surface area contributed by atoms with Crippen molar-refractivity contribution in [3.05, 3.63) is 32.2 Å². The molecule has 1 saturated heterocycles. The number of imide groups is 1. The summed E-state index contributed by atoms with van der Waals surface area (Å²) in [6.07, 6.45) is 1.55. The lowest BCUT2D eigenvalue weighted by atomic mass is 10.2. The Morgan fingerprint density at radius 2 is 2.19 bits per heavy atom. The van der Waals surface area contributed by atoms with E-state index in [1.165, 1.54) is 13.2 Å². The molecular weight excluding hydrogens is 409 g/mol. The molecule has 1 aromatic rings. The van der Waals surface area contributed by atoms with Crippen LogP contribution in [0.2, 0.25) is 0 Å². The lowest BCUT2D eigenvalue weighted by Gasteiger charge is -2.09. The molecule has 1 aromatic carbocycles. The van der Waals surface area contributed by atoms with Crippen LogP contribution in [0.1, 0.15) is 5.56 Å². The standard InChI is InChI=1S/C13H10INO5S/c1-20-11(17)6-15-12(18)10(21-13(15)19)5-7-2-3-9(16)8(14)4-7/h2-5,16H,6H2,1H3/b10-5-. The van der Waals surface area contributed by atoms with E-state index in [2.05, 4.69) is 4.74 Å². The molecule has 0 aromatic heterocycles. The van der Waals surface area contributed by atoms with Gasteiger partial charge in [-0.15, -0.1) is 0 Å². The number of carbonyl (C=O) groups excluding carboxylic acids is 3. The molecule has 1 fully saturated rings. The van der Waals surface area contributed by atoms with Gasteiger partial charge in [0.15, 0.2) is 0 Å². The molecule has 0 radical (unpaired) electrons. The van der Waals surface area contributed by atoms with E-state index in [-0.39, 0.29) is 10.7 Å². The van der Waals surface area contributed by atoms with Gasteiger partial charge >= 0.3 is 5.97 Å². The van der Waals surface area contributed by atoms with E-state index < -0.39 is 23.7 Å². The third kappa shape index (κ3) is 3.56. The Morgan fingerprint density at radius 1 is 1.48 bits per heavy atom. The highest BCUT2D eigenvalue weighted by Crippen LogP contribution is 2.32. The first kappa shape index (κ1) is 15.8. The molecule has 0 bridgehead atoms. The van der Waals surface area contributed by atoms with Crippen LogP contribution >= 0.6 is 34.4 Å². The summed E-state index contributed by atoms with van der Waals surface area (Å²) in [5.74, 6) is -1.04. The van der Waals surface area contributed by atoms with E-state index in [9.17, 15) is 19.5 Å². The van der Waals surface area contributed by atoms with Crippen LogP contribution in [0.4, 0.5) is 4.79 Å². The van der Waals surface area contributed by atoms with Crippen LogP contribution in [-0.2, 0) is 14.3 Å². The van der Waals surface area contributed by atoms with E-state index in [1.54, 1.807) is 18.2 Å². The Morgan fingerprint density at radius 3 is 2.81 bits per heavy atom. The zero-order valence-electron chi connectivity index (χ0n) is 10.8. The molecule has 1 N–H and O–H groups in total. The third-order valence-corrected chi connectivity index (χ3v) is 4.43. The lowest BCUT2D eigenvalue weighted by Crippen LogP contribution is -2.34. The number of esters is 1. The van der Waals surface area contributed by atoms with Crippen molar-refractivity contribution in [2.75, 3.05) is 13.7 Å². The smallest absolute Gasteiger partial charge is 0.325 e. The fourth-order valence-electron chi connectivity index (χ4n) is 1.59. The van der Waals surface area contributed by atoms with Gasteiger partial charge in [-0.25, -0.2) is 0 Å². The summed E-state index contributed by atoms with van der Waals surface area (Å²) < 4.78 is 5.08. The molecule has 110 valence electrons. The summed E-state index contributed by atoms with van der Waals surface area (Å²) in [5, 5.41) is 8.94. The number of hydrogen-bond donors (Lipinski definition) is 1. The number of thioether (sulfide) groups is 1. The fourth-order valence-corrected chi connectivity index (χ4v) is 2.97. The quantitative estimate of drug-likeness (QED) is 0.460. The van der Waals surface area contributed by atoms with Gasteiger partial charge in [0.25, 0.3) is 11.1 Å². The van der Waals surface area contributed by atoms with Crippen LogP contribution in [0.15, 0.2) is 23.1 Å². The van der Waals surface area contributed by atoms with Crippen molar-refractivity contribution in [3.63, 3.8) is 0 Å². The average molecular weight is 419 g/mol. The van der Waals surface area contributed by atoms with Crippen LogP contribution in [0, 0.1) is 3.57 Å². The first-order valence-corrected chi connectivity index (χ1v) is 7.62. The van der Waals surface area contributed by atoms with E-state index >= 15 is 0 Å². The van der Waals surface area contributed by atoms with Crippen molar-refractivity contribution in [1.82, 2.24) is 4.90 Å². The number of halogens is 1. The number of hydrogen-bond acceptors (Lipinski definition) is 6. The number of benzene rings is 1. The maximum atomic E-state index is 12.1. The predicted molar refractivity (Wildman–Crippen MR) is 85.5 cm³/mol. The number of amides is 2. The summed E-state index contributed by atoms with van der Waals surface area (Å²) in [7, 11) is 1.19. The monoisotopic (exact) mass is 419 g/mol. The molecule has 8 heteroatoms. The maximum Gasteiger partial charge on any atom is 0.325 e. The second-order valence-corrected chi connectivity index (χ2v) is 6.21. The van der Waals surface area contributed by atoms with E-state index in [0.717, 1.165) is 16.7 Å². The molecule has 1 aliphatic rings. The first-order chi connectivity index (χ1) is 9.92. The molecule has 2 rings (SSSR count). The summed E-state index contributed by atoms with van der Waals surface area (Å²) in [6, 6.07) is 4.82. The summed E-state index contributed by atoms with van der Waals surface area (Å²) >= 11 is 2.73. The second kappa shape index (κ2) is 6.48. The van der Waals surface area contributed by atoms with Gasteiger partial charge in [0, 0.05) is 0 Å². The van der Waals surface area contributed by atoms with Crippen molar-refractivity contribution in [3.8, 4) is 5.75 Å². The van der Waals surface area contributed by atoms with Gasteiger partial charge in [-0.3, -0.25) is 19.3 Å². The molecule has 0 spiro atoms. The number of rotatable bonds is 3. The van der Waals surface area contributed by atoms with Gasteiger partial charge in [0.2, 0.25) is 0 Å². The van der Waals surface area contributed by atoms with Crippen LogP contribution in [0.3, 0.4) is 0 Å². The van der Waals surface area contributed by atoms with Gasteiger partial charge in [0.05, 0.1) is 15.6 Å². The lowest BCUT2D eigenvalue weighted by molar-refractivity contribution is -0.143. The molecule has 0 aliphatic carbocycles. The number of carbonyl (C=O) groups is 3. The normalized spacial score (nSPS) is 16.7. The van der Waals surface area contributed by atoms with Crippen LogP contribution < -0.4 is 0 Å². The number of aromatic hydroxyl groups is 1. The number of phenolic OH excluding ortho intramolecular Hbond substituents is 1. The Labute approximate surface area is 138 Å². The molecule has 1 heterocycles. The van der Waals surface area contributed by atoms with Gasteiger partial charge in [-0.2, -0.15) is 0 Å². The molecule has 0 unspecified atom stereocenters. The average Bonchev–Trinajstić information content (AvgIpc) is 2.70. The molecule has 0 saturated carbocycles. The molecular formula is C13H10INO5S. The second-order valence-electron chi connectivity index (χ2n) is 4.05. The van der Waals surface area contributed by atoms with E-state index in [0.29, 0.717) is 9.13 Å². The SMILES string of the molecule is COC(=O)CN1C(=O)S/C(=C\c2ccc(O)c(I)c2)C1=O. The minimum absolute atomic E-state index is 0.145. The van der Waals surface area contributed by atoms with Crippen LogP contribution in [0.25, 0.3) is 6.08 Å². The highest BCUT2D eigenvalue weighted by molar-refractivity contribution is 14.1. The first-order valence-electron chi connectivity index (χ1n) is 5.73. The van der Waals surface area contributed by atoms with Crippen molar-refractivity contribution < 1.29 is 24.2 Å². The van der Waals surface area contributed by atoms with E-state index in [1.807, 2.05) is 22.6 Å². The Balaban J connectivity index is 2.23. The number of methoxy groups -OCH3 is 1. The Bertz CT molecular complexity index is 658. The zero-order chi connectivity index (χ0) is 15.6. The third-order valence-electron chi connectivity index (χ3n) is 2.66. The largest absolute Gasteiger partial charge is 0.507 e. The summed E-state index contributed by atoms with van der Waals surface area (Å²) in [5.41, 5.74) is 0.681. The number of phenols is 1. The number of nitrogens with zero attached hydrogens (tertiary/aromatic N) is 1. The predicted octanol–water partition coefficient (Wildman–Crippen LogP) is 2.21. The molecule has 2 amide bonds. The summed E-state index contributed by atoms with van der Waals surface area (Å²) in [4.78, 5) is 36.1. The van der Waals surface area contributed by atoms with E-state index in [4.69, 9.17) is 0 Å². The number of ether oxygens (including phenoxy) is 1. The van der Waals surface area contributed by atoms with Crippen molar-refractivity contribution in [1.29, 1.82) is 0 Å². The maximum absolute atomic E-state index is 12.1.